The van der Waals surface area contributed by atoms with Crippen LogP contribution in [0.1, 0.15) is 27.2 Å². The van der Waals surface area contributed by atoms with E-state index in [1.54, 1.807) is 20.8 Å². The molecule has 23 heavy (non-hydrogen) atoms. The Bertz CT molecular complexity index is 715. The smallest absolute Gasteiger partial charge is 0.410 e. The first kappa shape index (κ1) is 18.0. The second kappa shape index (κ2) is 6.28. The van der Waals surface area contributed by atoms with Gasteiger partial charge in [0.15, 0.2) is 9.84 Å². The van der Waals surface area contributed by atoms with E-state index >= 15 is 0 Å². The molecule has 128 valence electrons. The van der Waals surface area contributed by atoms with Crippen LogP contribution < -0.4 is 0 Å². The highest BCUT2D eigenvalue weighted by atomic mass is 35.5. The van der Waals surface area contributed by atoms with Crippen molar-refractivity contribution in [3.05, 3.63) is 29.0 Å². The SMILES string of the molecule is CC(C)(C)OC(=O)N1CCC(S(=O)(=O)c2ccc(F)cc2Cl)C1. The van der Waals surface area contributed by atoms with Crippen LogP contribution in [0, 0.1) is 5.82 Å². The minimum absolute atomic E-state index is 0.0327. The second-order valence-electron chi connectivity index (χ2n) is 6.46. The van der Waals surface area contributed by atoms with Crippen molar-refractivity contribution in [3.63, 3.8) is 0 Å². The van der Waals surface area contributed by atoms with Crippen LogP contribution in [-0.4, -0.2) is 43.4 Å². The highest BCUT2D eigenvalue weighted by molar-refractivity contribution is 7.92. The molecule has 0 bridgehead atoms. The Morgan fingerprint density at radius 2 is 2.04 bits per heavy atom. The molecule has 1 saturated heterocycles. The Kier molecular flexibility index (Phi) is 4.92. The molecule has 1 heterocycles. The molecule has 1 amide bonds. The number of amides is 1. The van der Waals surface area contributed by atoms with Crippen LogP contribution in [0.15, 0.2) is 23.1 Å². The van der Waals surface area contributed by atoms with E-state index < -0.39 is 32.6 Å². The minimum Gasteiger partial charge on any atom is -0.444 e. The molecule has 1 aliphatic rings. The zero-order valence-corrected chi connectivity index (χ0v) is 14.7. The fourth-order valence-corrected chi connectivity index (χ4v) is 4.59. The lowest BCUT2D eigenvalue weighted by atomic mass is 10.2. The Morgan fingerprint density at radius 1 is 1.39 bits per heavy atom. The van der Waals surface area contributed by atoms with Gasteiger partial charge in [0.2, 0.25) is 0 Å². The Labute approximate surface area is 140 Å². The van der Waals surface area contributed by atoms with Crippen molar-refractivity contribution in [2.24, 2.45) is 0 Å². The molecule has 8 heteroatoms. The lowest BCUT2D eigenvalue weighted by molar-refractivity contribution is 0.0295. The Balaban J connectivity index is 2.16. The lowest BCUT2D eigenvalue weighted by Gasteiger charge is -2.24. The van der Waals surface area contributed by atoms with Crippen molar-refractivity contribution < 1.29 is 22.3 Å². The van der Waals surface area contributed by atoms with Gasteiger partial charge in [0.25, 0.3) is 0 Å². The van der Waals surface area contributed by atoms with Crippen molar-refractivity contribution in [3.8, 4) is 0 Å². The number of nitrogens with zero attached hydrogens (tertiary/aromatic N) is 1. The standard InChI is InChI=1S/C15H19ClFNO4S/c1-15(2,3)22-14(19)18-7-6-11(9-18)23(20,21)13-5-4-10(17)8-12(13)16/h4-5,8,11H,6-7,9H2,1-3H3. The summed E-state index contributed by atoms with van der Waals surface area (Å²) in [4.78, 5) is 13.3. The number of likely N-dealkylation sites (tertiary alicyclic amines) is 1. The third kappa shape index (κ3) is 4.14. The van der Waals surface area contributed by atoms with Crippen molar-refractivity contribution in [1.82, 2.24) is 4.90 Å². The molecule has 0 saturated carbocycles. The normalized spacial score (nSPS) is 19.0. The van der Waals surface area contributed by atoms with Gasteiger partial charge in [0, 0.05) is 13.1 Å². The van der Waals surface area contributed by atoms with Crippen molar-refractivity contribution in [2.45, 2.75) is 42.9 Å². The lowest BCUT2D eigenvalue weighted by Crippen LogP contribution is -2.36. The van der Waals surface area contributed by atoms with E-state index in [1.165, 1.54) is 4.90 Å². The summed E-state index contributed by atoms with van der Waals surface area (Å²) in [6.45, 7) is 5.55. The number of carbonyl (C=O) groups excluding carboxylic acids is 1. The molecule has 1 unspecified atom stereocenters. The summed E-state index contributed by atoms with van der Waals surface area (Å²) >= 11 is 5.85. The van der Waals surface area contributed by atoms with Gasteiger partial charge in [-0.3, -0.25) is 0 Å². The van der Waals surface area contributed by atoms with Crippen molar-refractivity contribution >= 4 is 27.5 Å². The summed E-state index contributed by atoms with van der Waals surface area (Å²) in [7, 11) is -3.74. The van der Waals surface area contributed by atoms with Gasteiger partial charge in [-0.25, -0.2) is 17.6 Å². The van der Waals surface area contributed by atoms with E-state index in [-0.39, 0.29) is 29.4 Å². The molecular formula is C15H19ClFNO4S. The number of rotatable bonds is 2. The van der Waals surface area contributed by atoms with E-state index in [0.29, 0.717) is 0 Å². The second-order valence-corrected chi connectivity index (χ2v) is 9.06. The summed E-state index contributed by atoms with van der Waals surface area (Å²) in [6.07, 6.45) is -0.254. The topological polar surface area (TPSA) is 63.7 Å². The van der Waals surface area contributed by atoms with Gasteiger partial charge >= 0.3 is 6.09 Å². The van der Waals surface area contributed by atoms with Crippen molar-refractivity contribution in [1.29, 1.82) is 0 Å². The van der Waals surface area contributed by atoms with Crippen LogP contribution in [0.3, 0.4) is 0 Å². The first-order valence-corrected chi connectivity index (χ1v) is 9.10. The van der Waals surface area contributed by atoms with Gasteiger partial charge in [-0.05, 0) is 45.4 Å². The maximum absolute atomic E-state index is 13.1. The summed E-state index contributed by atoms with van der Waals surface area (Å²) in [6, 6.07) is 3.18. The van der Waals surface area contributed by atoms with Crippen molar-refractivity contribution in [2.75, 3.05) is 13.1 Å². The van der Waals surface area contributed by atoms with Crippen LogP contribution in [0.2, 0.25) is 5.02 Å². The molecule has 2 rings (SSSR count). The third-order valence-electron chi connectivity index (χ3n) is 3.44. The summed E-state index contributed by atoms with van der Waals surface area (Å²) in [5.41, 5.74) is -0.645. The van der Waals surface area contributed by atoms with E-state index in [2.05, 4.69) is 0 Å². The fraction of sp³-hybridized carbons (Fsp3) is 0.533. The molecule has 0 spiro atoms. The van der Waals surface area contributed by atoms with Crippen LogP contribution in [0.4, 0.5) is 9.18 Å². The van der Waals surface area contributed by atoms with Gasteiger partial charge in [-0.15, -0.1) is 0 Å². The number of sulfone groups is 1. The van der Waals surface area contributed by atoms with Gasteiger partial charge in [0.05, 0.1) is 15.2 Å². The van der Waals surface area contributed by atoms with Crippen LogP contribution >= 0.6 is 11.6 Å². The molecule has 0 radical (unpaired) electrons. The third-order valence-corrected chi connectivity index (χ3v) is 6.09. The predicted molar refractivity (Wildman–Crippen MR) is 84.8 cm³/mol. The van der Waals surface area contributed by atoms with Crippen LogP contribution in [0.5, 0.6) is 0 Å². The van der Waals surface area contributed by atoms with E-state index in [0.717, 1.165) is 18.2 Å². The average molecular weight is 364 g/mol. The largest absolute Gasteiger partial charge is 0.444 e. The first-order valence-electron chi connectivity index (χ1n) is 7.17. The molecule has 1 aromatic rings. The molecule has 1 aliphatic heterocycles. The molecule has 0 aromatic heterocycles. The van der Waals surface area contributed by atoms with E-state index in [4.69, 9.17) is 16.3 Å². The minimum atomic E-state index is -3.74. The van der Waals surface area contributed by atoms with E-state index in [9.17, 15) is 17.6 Å². The van der Waals surface area contributed by atoms with Gasteiger partial charge < -0.3 is 9.64 Å². The quantitative estimate of drug-likeness (QED) is 0.756. The number of halogens is 2. The average Bonchev–Trinajstić information content (AvgIpc) is 2.86. The zero-order valence-electron chi connectivity index (χ0n) is 13.2. The van der Waals surface area contributed by atoms with Gasteiger partial charge in [-0.1, -0.05) is 11.6 Å². The van der Waals surface area contributed by atoms with Gasteiger partial charge in [-0.2, -0.15) is 0 Å². The Morgan fingerprint density at radius 3 is 2.61 bits per heavy atom. The molecule has 1 fully saturated rings. The van der Waals surface area contributed by atoms with E-state index in [1.807, 2.05) is 0 Å². The van der Waals surface area contributed by atoms with Crippen LogP contribution in [0.25, 0.3) is 0 Å². The molecule has 1 atom stereocenters. The van der Waals surface area contributed by atoms with Gasteiger partial charge in [0.1, 0.15) is 11.4 Å². The number of hydrogen-bond donors (Lipinski definition) is 0. The molecular weight excluding hydrogens is 345 g/mol. The first-order chi connectivity index (χ1) is 10.5. The zero-order chi connectivity index (χ0) is 17.4. The summed E-state index contributed by atoms with van der Waals surface area (Å²) in [5, 5.41) is -0.932. The highest BCUT2D eigenvalue weighted by Crippen LogP contribution is 2.30. The maximum Gasteiger partial charge on any atom is 0.410 e. The highest BCUT2D eigenvalue weighted by Gasteiger charge is 2.38. The summed E-state index contributed by atoms with van der Waals surface area (Å²) < 4.78 is 43.6. The predicted octanol–water partition coefficient (Wildman–Crippen LogP) is 3.26. The number of carbonyl (C=O) groups is 1. The maximum atomic E-state index is 13.1. The number of ether oxygens (including phenoxy) is 1. The Hall–Kier alpha value is -1.34. The molecule has 0 aliphatic carbocycles. The monoisotopic (exact) mass is 363 g/mol. The molecule has 1 aromatic carbocycles. The fourth-order valence-electron chi connectivity index (χ4n) is 2.36. The molecule has 0 N–H and O–H groups in total. The van der Waals surface area contributed by atoms with Crippen LogP contribution in [-0.2, 0) is 14.6 Å². The number of benzene rings is 1. The number of hydrogen-bond acceptors (Lipinski definition) is 4. The summed E-state index contributed by atoms with van der Waals surface area (Å²) in [5.74, 6) is -0.601. The molecule has 5 nitrogen and oxygen atoms in total.